The number of amides is 2. The molecule has 5 unspecified atom stereocenters. The van der Waals surface area contributed by atoms with Gasteiger partial charge in [0.1, 0.15) is 18.1 Å². The Hall–Kier alpha value is -4.21. The molecule has 0 aliphatic carbocycles. The van der Waals surface area contributed by atoms with E-state index in [1.54, 1.807) is 62.4 Å². The maximum atomic E-state index is 13.8. The number of nitrogens with zero attached hydrogens (tertiary/aromatic N) is 1. The predicted molar refractivity (Wildman–Crippen MR) is 148 cm³/mol. The van der Waals surface area contributed by atoms with E-state index in [1.807, 2.05) is 19.9 Å². The molecule has 0 bridgehead atoms. The minimum absolute atomic E-state index is 0.0213. The van der Waals surface area contributed by atoms with Gasteiger partial charge in [0, 0.05) is 6.42 Å². The van der Waals surface area contributed by atoms with Crippen LogP contribution in [0.5, 0.6) is 0 Å². The van der Waals surface area contributed by atoms with Gasteiger partial charge in [-0.15, -0.1) is 0 Å². The van der Waals surface area contributed by atoms with Crippen molar-refractivity contribution in [2.45, 2.75) is 65.1 Å². The number of nitrogens with one attached hydrogen (secondary N) is 3. The second kappa shape index (κ2) is 13.0. The molecule has 0 fully saturated rings. The van der Waals surface area contributed by atoms with Crippen molar-refractivity contribution in [3.05, 3.63) is 81.0 Å². The van der Waals surface area contributed by atoms with E-state index in [0.717, 1.165) is 4.57 Å². The van der Waals surface area contributed by atoms with E-state index < -0.39 is 47.2 Å². The van der Waals surface area contributed by atoms with Gasteiger partial charge in [0.2, 0.25) is 11.8 Å². The number of aromatic nitrogens is 2. The molecular formula is C29H36N4O6. The normalized spacial score (nSPS) is 15.1. The van der Waals surface area contributed by atoms with Gasteiger partial charge in [-0.3, -0.25) is 14.4 Å². The first kappa shape index (κ1) is 29.3. The molecule has 4 N–H and O–H groups in total. The predicted octanol–water partition coefficient (Wildman–Crippen LogP) is 2.62. The molecule has 10 heteroatoms. The highest BCUT2D eigenvalue weighted by Gasteiger charge is 2.34. The van der Waals surface area contributed by atoms with E-state index in [9.17, 15) is 29.1 Å². The largest absolute Gasteiger partial charge is 0.480 e. The van der Waals surface area contributed by atoms with Gasteiger partial charge in [0.05, 0.1) is 10.9 Å². The van der Waals surface area contributed by atoms with Crippen LogP contribution in [0.4, 0.5) is 0 Å². The molecule has 10 nitrogen and oxygen atoms in total. The van der Waals surface area contributed by atoms with Crippen LogP contribution in [0, 0.1) is 11.8 Å². The van der Waals surface area contributed by atoms with E-state index in [-0.39, 0.29) is 23.6 Å². The van der Waals surface area contributed by atoms with Crippen LogP contribution in [0.15, 0.2) is 64.2 Å². The molecular weight excluding hydrogens is 500 g/mol. The lowest BCUT2D eigenvalue weighted by molar-refractivity contribution is -0.144. The number of fused-ring (bicyclic) bond motifs is 1. The summed E-state index contributed by atoms with van der Waals surface area (Å²) in [6, 6.07) is 12.0. The number of carbonyl (C=O) groups excluding carboxylic acids is 2. The molecule has 39 heavy (non-hydrogen) atoms. The number of benzene rings is 2. The molecule has 3 rings (SSSR count). The fraction of sp³-hybridized carbons (Fsp3) is 0.414. The average Bonchev–Trinajstić information content (AvgIpc) is 2.93. The first-order valence-electron chi connectivity index (χ1n) is 13.2. The van der Waals surface area contributed by atoms with Crippen molar-refractivity contribution in [2.75, 3.05) is 0 Å². The number of carboxylic acids is 1. The number of hydrogen-bond acceptors (Lipinski definition) is 5. The van der Waals surface area contributed by atoms with Crippen LogP contribution >= 0.6 is 0 Å². The summed E-state index contributed by atoms with van der Waals surface area (Å²) < 4.78 is 0.884. The van der Waals surface area contributed by atoms with Gasteiger partial charge in [-0.1, -0.05) is 83.0 Å². The summed E-state index contributed by atoms with van der Waals surface area (Å²) in [6.45, 7) is 7.17. The van der Waals surface area contributed by atoms with Crippen molar-refractivity contribution in [3.63, 3.8) is 0 Å². The van der Waals surface area contributed by atoms with Crippen LogP contribution in [0.1, 0.15) is 52.1 Å². The summed E-state index contributed by atoms with van der Waals surface area (Å²) in [7, 11) is 0. The lowest BCUT2D eigenvalue weighted by Gasteiger charge is -2.29. The summed E-state index contributed by atoms with van der Waals surface area (Å²) in [5.74, 6) is -3.19. The SMILES string of the molecule is CCC(C)C(NC(=O)C(NC(=O)C(Cc1ccccc1)n1c(=O)[nH]c2ccccc2c1=O)C(C)CC)C(=O)O. The molecule has 1 aromatic heterocycles. The maximum Gasteiger partial charge on any atom is 0.329 e. The summed E-state index contributed by atoms with van der Waals surface area (Å²) >= 11 is 0. The lowest BCUT2D eigenvalue weighted by Crippen LogP contribution is -2.57. The monoisotopic (exact) mass is 536 g/mol. The lowest BCUT2D eigenvalue weighted by atomic mass is 9.95. The highest BCUT2D eigenvalue weighted by atomic mass is 16.4. The van der Waals surface area contributed by atoms with Gasteiger partial charge in [0.15, 0.2) is 0 Å². The topological polar surface area (TPSA) is 150 Å². The first-order chi connectivity index (χ1) is 18.6. The zero-order chi connectivity index (χ0) is 28.7. The Balaban J connectivity index is 2.03. The zero-order valence-corrected chi connectivity index (χ0v) is 22.6. The first-order valence-corrected chi connectivity index (χ1v) is 13.2. The van der Waals surface area contributed by atoms with Crippen molar-refractivity contribution in [2.24, 2.45) is 11.8 Å². The molecule has 208 valence electrons. The third-order valence-electron chi connectivity index (χ3n) is 7.29. The quantitative estimate of drug-likeness (QED) is 0.279. The molecule has 5 atom stereocenters. The molecule has 0 spiro atoms. The smallest absolute Gasteiger partial charge is 0.329 e. The van der Waals surface area contributed by atoms with Crippen LogP contribution in [-0.2, 0) is 20.8 Å². The molecule has 3 aromatic rings. The number of H-pyrrole nitrogens is 1. The Labute approximate surface area is 226 Å². The van der Waals surface area contributed by atoms with Crippen molar-refractivity contribution < 1.29 is 19.5 Å². The number of aliphatic carboxylic acids is 1. The zero-order valence-electron chi connectivity index (χ0n) is 22.6. The van der Waals surface area contributed by atoms with Crippen LogP contribution in [0.25, 0.3) is 10.9 Å². The molecule has 0 aliphatic rings. The Morgan fingerprint density at radius 1 is 0.846 bits per heavy atom. The van der Waals surface area contributed by atoms with E-state index in [4.69, 9.17) is 0 Å². The number of carboxylic acid groups (broad SMARTS) is 1. The van der Waals surface area contributed by atoms with Crippen molar-refractivity contribution >= 4 is 28.7 Å². The second-order valence-electron chi connectivity index (χ2n) is 9.94. The minimum atomic E-state index is -1.27. The summed E-state index contributed by atoms with van der Waals surface area (Å²) in [6.07, 6.45) is 1.07. The van der Waals surface area contributed by atoms with Crippen LogP contribution in [0.2, 0.25) is 0 Å². The number of para-hydroxylation sites is 1. The van der Waals surface area contributed by atoms with Gasteiger partial charge < -0.3 is 20.7 Å². The van der Waals surface area contributed by atoms with E-state index in [2.05, 4.69) is 15.6 Å². The van der Waals surface area contributed by atoms with Crippen molar-refractivity contribution in [1.29, 1.82) is 0 Å². The van der Waals surface area contributed by atoms with Gasteiger partial charge in [0.25, 0.3) is 5.56 Å². The second-order valence-corrected chi connectivity index (χ2v) is 9.94. The third kappa shape index (κ3) is 6.81. The third-order valence-corrected chi connectivity index (χ3v) is 7.29. The summed E-state index contributed by atoms with van der Waals surface area (Å²) in [5.41, 5.74) is -0.312. The fourth-order valence-corrected chi connectivity index (χ4v) is 4.48. The maximum absolute atomic E-state index is 13.8. The van der Waals surface area contributed by atoms with Crippen molar-refractivity contribution in [3.8, 4) is 0 Å². The summed E-state index contributed by atoms with van der Waals surface area (Å²) in [4.78, 5) is 68.2. The van der Waals surface area contributed by atoms with E-state index in [0.29, 0.717) is 23.9 Å². The average molecular weight is 537 g/mol. The summed E-state index contributed by atoms with van der Waals surface area (Å²) in [5, 5.41) is 15.2. The number of hydrogen-bond donors (Lipinski definition) is 4. The van der Waals surface area contributed by atoms with E-state index >= 15 is 0 Å². The molecule has 0 radical (unpaired) electrons. The highest BCUT2D eigenvalue weighted by Crippen LogP contribution is 2.17. The van der Waals surface area contributed by atoms with Gasteiger partial charge in [-0.05, 0) is 29.5 Å². The highest BCUT2D eigenvalue weighted by molar-refractivity contribution is 5.92. The Bertz CT molecular complexity index is 1430. The Morgan fingerprint density at radius 3 is 2.03 bits per heavy atom. The van der Waals surface area contributed by atoms with Gasteiger partial charge in [-0.25, -0.2) is 14.2 Å². The Kier molecular flexibility index (Phi) is 9.81. The molecule has 0 saturated carbocycles. The number of carbonyl (C=O) groups is 3. The molecule has 2 amide bonds. The number of rotatable bonds is 12. The van der Waals surface area contributed by atoms with Gasteiger partial charge >= 0.3 is 11.7 Å². The van der Waals surface area contributed by atoms with Crippen LogP contribution in [0.3, 0.4) is 0 Å². The fourth-order valence-electron chi connectivity index (χ4n) is 4.48. The molecule has 0 saturated heterocycles. The molecule has 2 aromatic carbocycles. The van der Waals surface area contributed by atoms with Crippen LogP contribution in [-0.4, -0.2) is 44.5 Å². The standard InChI is InChI=1S/C29H36N4O6/c1-5-17(3)23(26(35)32-24(28(37)38)18(4)6-2)31-25(34)22(16-19-12-8-7-9-13-19)33-27(36)20-14-10-11-15-21(20)30-29(33)39/h7-15,17-18,22-24H,5-6,16H2,1-4H3,(H,30,39)(H,31,34)(H,32,35)(H,37,38). The molecule has 0 aliphatic heterocycles. The molecule has 1 heterocycles. The van der Waals surface area contributed by atoms with Crippen molar-refractivity contribution in [1.82, 2.24) is 20.2 Å². The van der Waals surface area contributed by atoms with E-state index in [1.165, 1.54) is 0 Å². The van der Waals surface area contributed by atoms with Gasteiger partial charge in [-0.2, -0.15) is 0 Å². The van der Waals surface area contributed by atoms with Crippen LogP contribution < -0.4 is 21.9 Å². The number of aromatic amines is 1. The Morgan fingerprint density at radius 2 is 1.41 bits per heavy atom. The minimum Gasteiger partial charge on any atom is -0.480 e.